The fourth-order valence-electron chi connectivity index (χ4n) is 2.76. The molecule has 1 N–H and O–H groups in total. The summed E-state index contributed by atoms with van der Waals surface area (Å²) in [6, 6.07) is 13.7. The van der Waals surface area contributed by atoms with E-state index in [4.69, 9.17) is 11.6 Å². The van der Waals surface area contributed by atoms with Gasteiger partial charge in [0.05, 0.1) is 23.2 Å². The summed E-state index contributed by atoms with van der Waals surface area (Å²) in [5.74, 6) is 0.107. The number of hydrogen-bond donors (Lipinski definition) is 1. The predicted molar refractivity (Wildman–Crippen MR) is 87.0 cm³/mol. The highest BCUT2D eigenvalue weighted by Crippen LogP contribution is 2.37. The molecule has 0 bridgehead atoms. The number of fused-ring (bicyclic) bond motifs is 1. The van der Waals surface area contributed by atoms with Crippen LogP contribution in [0.25, 0.3) is 0 Å². The van der Waals surface area contributed by atoms with Crippen LogP contribution in [0.1, 0.15) is 23.6 Å². The summed E-state index contributed by atoms with van der Waals surface area (Å²) in [7, 11) is 1.82. The quantitative estimate of drug-likeness (QED) is 0.903. The molecule has 1 amide bonds. The molecule has 4 heteroatoms. The van der Waals surface area contributed by atoms with Crippen molar-refractivity contribution in [2.75, 3.05) is 17.3 Å². The number of halogens is 1. The molecule has 2 aromatic carbocycles. The van der Waals surface area contributed by atoms with Crippen LogP contribution in [-0.4, -0.2) is 13.0 Å². The predicted octanol–water partition coefficient (Wildman–Crippen LogP) is 4.17. The van der Waals surface area contributed by atoms with Crippen LogP contribution >= 0.6 is 11.6 Å². The van der Waals surface area contributed by atoms with Crippen molar-refractivity contribution in [2.24, 2.45) is 0 Å². The highest BCUT2D eigenvalue weighted by atomic mass is 35.5. The summed E-state index contributed by atoms with van der Waals surface area (Å²) in [6.07, 6.45) is 0.429. The van der Waals surface area contributed by atoms with Crippen LogP contribution in [0.2, 0.25) is 5.02 Å². The SMILES string of the molecule is Cc1cccc(Cl)c1NC1CC(=O)N(C)c2ccccc21. The third-order valence-electron chi connectivity index (χ3n) is 3.97. The van der Waals surface area contributed by atoms with E-state index in [1.165, 1.54) is 0 Å². The van der Waals surface area contributed by atoms with Crippen LogP contribution in [0.3, 0.4) is 0 Å². The third-order valence-corrected chi connectivity index (χ3v) is 4.28. The molecule has 0 radical (unpaired) electrons. The molecule has 0 saturated heterocycles. The van der Waals surface area contributed by atoms with Crippen molar-refractivity contribution >= 4 is 28.9 Å². The number of aryl methyl sites for hydroxylation is 1. The number of hydrogen-bond acceptors (Lipinski definition) is 2. The van der Waals surface area contributed by atoms with Gasteiger partial charge in [0.2, 0.25) is 5.91 Å². The van der Waals surface area contributed by atoms with Gasteiger partial charge >= 0.3 is 0 Å². The highest BCUT2D eigenvalue weighted by Gasteiger charge is 2.29. The molecule has 0 fully saturated rings. The molecule has 1 unspecified atom stereocenters. The van der Waals surface area contributed by atoms with Gasteiger partial charge < -0.3 is 10.2 Å². The molecule has 1 aliphatic heterocycles. The van der Waals surface area contributed by atoms with E-state index < -0.39 is 0 Å². The molecule has 2 aromatic rings. The lowest BCUT2D eigenvalue weighted by Crippen LogP contribution is -2.35. The van der Waals surface area contributed by atoms with Gasteiger partial charge in [0.25, 0.3) is 0 Å². The number of nitrogens with zero attached hydrogens (tertiary/aromatic N) is 1. The molecule has 0 spiro atoms. The molecule has 3 rings (SSSR count). The zero-order valence-electron chi connectivity index (χ0n) is 12.1. The van der Waals surface area contributed by atoms with Gasteiger partial charge in [0, 0.05) is 12.7 Å². The minimum absolute atomic E-state index is 0.0523. The first-order valence-corrected chi connectivity index (χ1v) is 7.33. The van der Waals surface area contributed by atoms with Crippen molar-refractivity contribution in [3.8, 4) is 0 Å². The van der Waals surface area contributed by atoms with Crippen molar-refractivity contribution < 1.29 is 4.79 Å². The van der Waals surface area contributed by atoms with E-state index in [9.17, 15) is 4.79 Å². The second kappa shape index (κ2) is 5.41. The van der Waals surface area contributed by atoms with E-state index in [2.05, 4.69) is 11.4 Å². The average molecular weight is 301 g/mol. The van der Waals surface area contributed by atoms with Crippen LogP contribution in [0.5, 0.6) is 0 Å². The number of anilines is 2. The van der Waals surface area contributed by atoms with Crippen molar-refractivity contribution in [1.82, 2.24) is 0 Å². The molecule has 3 nitrogen and oxygen atoms in total. The van der Waals surface area contributed by atoms with Crippen molar-refractivity contribution in [2.45, 2.75) is 19.4 Å². The largest absolute Gasteiger partial charge is 0.376 e. The number of para-hydroxylation sites is 2. The molecule has 0 aromatic heterocycles. The molecular formula is C17H17ClN2O. The normalized spacial score (nSPS) is 17.6. The topological polar surface area (TPSA) is 32.3 Å². The van der Waals surface area contributed by atoms with E-state index in [0.717, 1.165) is 22.5 Å². The van der Waals surface area contributed by atoms with E-state index >= 15 is 0 Å². The number of amides is 1. The van der Waals surface area contributed by atoms with Gasteiger partial charge in [-0.25, -0.2) is 0 Å². The monoisotopic (exact) mass is 300 g/mol. The molecule has 21 heavy (non-hydrogen) atoms. The number of carbonyl (C=O) groups excluding carboxylic acids is 1. The van der Waals surface area contributed by atoms with Gasteiger partial charge in [-0.3, -0.25) is 4.79 Å². The van der Waals surface area contributed by atoms with Gasteiger partial charge in [-0.15, -0.1) is 0 Å². The maximum absolute atomic E-state index is 12.2. The first-order chi connectivity index (χ1) is 10.1. The molecule has 108 valence electrons. The van der Waals surface area contributed by atoms with Gasteiger partial charge in [0.1, 0.15) is 0 Å². The van der Waals surface area contributed by atoms with E-state index in [1.807, 2.05) is 50.4 Å². The second-order valence-electron chi connectivity index (χ2n) is 5.34. The smallest absolute Gasteiger partial charge is 0.229 e. The molecule has 1 atom stereocenters. The van der Waals surface area contributed by atoms with Gasteiger partial charge in [-0.2, -0.15) is 0 Å². The molecular weight excluding hydrogens is 284 g/mol. The minimum atomic E-state index is -0.0523. The van der Waals surface area contributed by atoms with Crippen molar-refractivity contribution in [3.05, 3.63) is 58.6 Å². The number of nitrogens with one attached hydrogen (secondary N) is 1. The first-order valence-electron chi connectivity index (χ1n) is 6.95. The maximum Gasteiger partial charge on any atom is 0.229 e. The Bertz CT molecular complexity index is 679. The van der Waals surface area contributed by atoms with Crippen molar-refractivity contribution in [3.63, 3.8) is 0 Å². The summed E-state index contributed by atoms with van der Waals surface area (Å²) < 4.78 is 0. The Labute approximate surface area is 129 Å². The van der Waals surface area contributed by atoms with Crippen LogP contribution in [-0.2, 0) is 4.79 Å². The Morgan fingerprint density at radius 1 is 1.19 bits per heavy atom. The fourth-order valence-corrected chi connectivity index (χ4v) is 3.04. The van der Waals surface area contributed by atoms with Crippen LogP contribution in [0, 0.1) is 6.92 Å². The van der Waals surface area contributed by atoms with Crippen LogP contribution in [0.15, 0.2) is 42.5 Å². The summed E-state index contributed by atoms with van der Waals surface area (Å²) in [4.78, 5) is 13.9. The zero-order chi connectivity index (χ0) is 15.0. The maximum atomic E-state index is 12.2. The van der Waals surface area contributed by atoms with E-state index in [-0.39, 0.29) is 11.9 Å². The lowest BCUT2D eigenvalue weighted by molar-refractivity contribution is -0.118. The van der Waals surface area contributed by atoms with Crippen LogP contribution < -0.4 is 10.2 Å². The molecule has 0 saturated carbocycles. The zero-order valence-corrected chi connectivity index (χ0v) is 12.8. The van der Waals surface area contributed by atoms with Gasteiger partial charge in [-0.1, -0.05) is 41.9 Å². The summed E-state index contributed by atoms with van der Waals surface area (Å²) in [6.45, 7) is 2.01. The molecule has 1 heterocycles. The fraction of sp³-hybridized carbons (Fsp3) is 0.235. The van der Waals surface area contributed by atoms with E-state index in [1.54, 1.807) is 4.90 Å². The Kier molecular flexibility index (Phi) is 3.60. The first kappa shape index (κ1) is 14.0. The molecule has 1 aliphatic rings. The van der Waals surface area contributed by atoms with Gasteiger partial charge in [0.15, 0.2) is 0 Å². The number of benzene rings is 2. The van der Waals surface area contributed by atoms with Crippen molar-refractivity contribution in [1.29, 1.82) is 0 Å². The summed E-state index contributed by atoms with van der Waals surface area (Å²) >= 11 is 6.28. The Morgan fingerprint density at radius 3 is 2.71 bits per heavy atom. The average Bonchev–Trinajstić information content (AvgIpc) is 2.48. The number of carbonyl (C=O) groups is 1. The van der Waals surface area contributed by atoms with Gasteiger partial charge in [-0.05, 0) is 30.2 Å². The second-order valence-corrected chi connectivity index (χ2v) is 5.75. The Balaban J connectivity index is 2.00. The lowest BCUT2D eigenvalue weighted by atomic mass is 9.95. The molecule has 0 aliphatic carbocycles. The minimum Gasteiger partial charge on any atom is -0.376 e. The number of rotatable bonds is 2. The third kappa shape index (κ3) is 2.49. The summed E-state index contributed by atoms with van der Waals surface area (Å²) in [5.41, 5.74) is 4.05. The Hall–Kier alpha value is -2.00. The van der Waals surface area contributed by atoms with E-state index in [0.29, 0.717) is 11.4 Å². The van der Waals surface area contributed by atoms with Crippen LogP contribution in [0.4, 0.5) is 11.4 Å². The lowest BCUT2D eigenvalue weighted by Gasteiger charge is -2.33. The Morgan fingerprint density at radius 2 is 1.95 bits per heavy atom. The summed E-state index contributed by atoms with van der Waals surface area (Å²) in [5, 5.41) is 4.12. The highest BCUT2D eigenvalue weighted by molar-refractivity contribution is 6.33. The standard InChI is InChI=1S/C17H17ClN2O/c1-11-6-5-8-13(18)17(11)19-14-10-16(21)20(2)15-9-4-3-7-12(14)15/h3-9,14,19H,10H2,1-2H3.